The first-order valence-electron chi connectivity index (χ1n) is 7.12. The zero-order valence-electron chi connectivity index (χ0n) is 11.2. The lowest BCUT2D eigenvalue weighted by atomic mass is 9.88. The Hall–Kier alpha value is -0.730. The maximum Gasteiger partial charge on any atom is 0.410 e. The van der Waals surface area contributed by atoms with E-state index in [1.165, 1.54) is 19.3 Å². The van der Waals surface area contributed by atoms with Crippen LogP contribution in [0.15, 0.2) is 0 Å². The SMILES string of the molecule is CC(C)C1(OC(=O)N2CCCCC2)CCCC1. The summed E-state index contributed by atoms with van der Waals surface area (Å²) in [4.78, 5) is 14.1. The maximum absolute atomic E-state index is 12.2. The molecule has 1 amide bonds. The molecule has 0 aromatic carbocycles. The van der Waals surface area contributed by atoms with E-state index in [0.29, 0.717) is 5.92 Å². The third kappa shape index (κ3) is 2.75. The summed E-state index contributed by atoms with van der Waals surface area (Å²) in [6.45, 7) is 6.11. The molecule has 1 heterocycles. The molecule has 3 heteroatoms. The van der Waals surface area contributed by atoms with Crippen LogP contribution in [0.5, 0.6) is 0 Å². The molecule has 0 spiro atoms. The third-order valence-corrected chi connectivity index (χ3v) is 4.41. The van der Waals surface area contributed by atoms with Crippen LogP contribution < -0.4 is 0 Å². The highest BCUT2D eigenvalue weighted by atomic mass is 16.6. The Labute approximate surface area is 105 Å². The van der Waals surface area contributed by atoms with Gasteiger partial charge >= 0.3 is 6.09 Å². The van der Waals surface area contributed by atoms with E-state index >= 15 is 0 Å². The van der Waals surface area contributed by atoms with E-state index in [2.05, 4.69) is 13.8 Å². The quantitative estimate of drug-likeness (QED) is 0.737. The Morgan fingerprint density at radius 3 is 2.18 bits per heavy atom. The first-order chi connectivity index (χ1) is 8.14. The number of hydrogen-bond acceptors (Lipinski definition) is 2. The van der Waals surface area contributed by atoms with E-state index < -0.39 is 0 Å². The lowest BCUT2D eigenvalue weighted by Crippen LogP contribution is -2.44. The minimum absolute atomic E-state index is 0.0692. The maximum atomic E-state index is 12.2. The number of likely N-dealkylation sites (tertiary alicyclic amines) is 1. The average Bonchev–Trinajstić information content (AvgIpc) is 2.80. The van der Waals surface area contributed by atoms with E-state index in [-0.39, 0.29) is 11.7 Å². The summed E-state index contributed by atoms with van der Waals surface area (Å²) < 4.78 is 5.89. The predicted octanol–water partition coefficient (Wildman–Crippen LogP) is 3.58. The van der Waals surface area contributed by atoms with Crippen molar-refractivity contribution in [2.24, 2.45) is 5.92 Å². The number of carbonyl (C=O) groups excluding carboxylic acids is 1. The number of hydrogen-bond donors (Lipinski definition) is 0. The fourth-order valence-corrected chi connectivity index (χ4v) is 3.09. The number of rotatable bonds is 2. The normalized spacial score (nSPS) is 24.1. The highest BCUT2D eigenvalue weighted by Gasteiger charge is 2.41. The molecule has 2 fully saturated rings. The van der Waals surface area contributed by atoms with E-state index in [0.717, 1.165) is 38.8 Å². The molecule has 98 valence electrons. The Bertz CT molecular complexity index is 263. The molecular weight excluding hydrogens is 214 g/mol. The Morgan fingerprint density at radius 1 is 1.06 bits per heavy atom. The molecule has 0 bridgehead atoms. The fourth-order valence-electron chi connectivity index (χ4n) is 3.09. The van der Waals surface area contributed by atoms with Crippen molar-refractivity contribution in [2.75, 3.05) is 13.1 Å². The van der Waals surface area contributed by atoms with Crippen molar-refractivity contribution in [1.82, 2.24) is 4.90 Å². The molecule has 0 aromatic rings. The molecule has 17 heavy (non-hydrogen) atoms. The van der Waals surface area contributed by atoms with Crippen LogP contribution in [0.4, 0.5) is 4.79 Å². The van der Waals surface area contributed by atoms with Crippen molar-refractivity contribution in [2.45, 2.75) is 64.4 Å². The highest BCUT2D eigenvalue weighted by Crippen LogP contribution is 2.39. The van der Waals surface area contributed by atoms with Gasteiger partial charge in [0.25, 0.3) is 0 Å². The average molecular weight is 239 g/mol. The molecule has 0 unspecified atom stereocenters. The van der Waals surface area contributed by atoms with Gasteiger partial charge in [0, 0.05) is 13.1 Å². The van der Waals surface area contributed by atoms with E-state index in [1.54, 1.807) is 0 Å². The van der Waals surface area contributed by atoms with Crippen molar-refractivity contribution < 1.29 is 9.53 Å². The summed E-state index contributed by atoms with van der Waals surface area (Å²) in [5.74, 6) is 0.429. The number of carbonyl (C=O) groups is 1. The summed E-state index contributed by atoms with van der Waals surface area (Å²) in [5, 5.41) is 0. The monoisotopic (exact) mass is 239 g/mol. The smallest absolute Gasteiger partial charge is 0.410 e. The van der Waals surface area contributed by atoms with Crippen molar-refractivity contribution in [1.29, 1.82) is 0 Å². The molecule has 2 aliphatic rings. The minimum atomic E-state index is -0.172. The van der Waals surface area contributed by atoms with E-state index in [1.807, 2.05) is 4.90 Å². The topological polar surface area (TPSA) is 29.5 Å². The van der Waals surface area contributed by atoms with Crippen LogP contribution in [0.1, 0.15) is 58.8 Å². The first kappa shape index (κ1) is 12.7. The summed E-state index contributed by atoms with van der Waals surface area (Å²) in [6.07, 6.45) is 7.93. The second kappa shape index (κ2) is 5.28. The molecule has 1 aliphatic heterocycles. The molecular formula is C14H25NO2. The summed E-state index contributed by atoms with van der Waals surface area (Å²) >= 11 is 0. The number of piperidine rings is 1. The van der Waals surface area contributed by atoms with Crippen LogP contribution in [-0.4, -0.2) is 29.7 Å². The standard InChI is InChI=1S/C14H25NO2/c1-12(2)14(8-4-5-9-14)17-13(16)15-10-6-3-7-11-15/h12H,3-11H2,1-2H3. The van der Waals surface area contributed by atoms with Gasteiger partial charge in [-0.3, -0.25) is 0 Å². The van der Waals surface area contributed by atoms with Gasteiger partial charge in [-0.15, -0.1) is 0 Å². The molecule has 1 saturated carbocycles. The van der Waals surface area contributed by atoms with Gasteiger partial charge < -0.3 is 9.64 Å². The van der Waals surface area contributed by atoms with Crippen LogP contribution in [0.25, 0.3) is 0 Å². The van der Waals surface area contributed by atoms with Crippen LogP contribution in [0, 0.1) is 5.92 Å². The summed E-state index contributed by atoms with van der Waals surface area (Å²) in [6, 6.07) is 0. The van der Waals surface area contributed by atoms with Crippen LogP contribution in [-0.2, 0) is 4.74 Å². The van der Waals surface area contributed by atoms with Crippen molar-refractivity contribution >= 4 is 6.09 Å². The molecule has 2 rings (SSSR count). The van der Waals surface area contributed by atoms with Crippen molar-refractivity contribution in [3.05, 3.63) is 0 Å². The second-order valence-corrected chi connectivity index (χ2v) is 5.84. The first-order valence-corrected chi connectivity index (χ1v) is 7.12. The molecule has 0 aromatic heterocycles. The lowest BCUT2D eigenvalue weighted by Gasteiger charge is -2.36. The number of amides is 1. The Balaban J connectivity index is 1.95. The van der Waals surface area contributed by atoms with Gasteiger partial charge in [-0.2, -0.15) is 0 Å². The van der Waals surface area contributed by atoms with Gasteiger partial charge in [0.2, 0.25) is 0 Å². The number of ether oxygens (including phenoxy) is 1. The molecule has 1 saturated heterocycles. The van der Waals surface area contributed by atoms with Gasteiger partial charge in [-0.1, -0.05) is 13.8 Å². The fraction of sp³-hybridized carbons (Fsp3) is 0.929. The lowest BCUT2D eigenvalue weighted by molar-refractivity contribution is -0.0377. The van der Waals surface area contributed by atoms with Crippen LogP contribution >= 0.6 is 0 Å². The Kier molecular flexibility index (Phi) is 3.95. The predicted molar refractivity (Wildman–Crippen MR) is 67.9 cm³/mol. The molecule has 0 N–H and O–H groups in total. The molecule has 3 nitrogen and oxygen atoms in total. The zero-order valence-corrected chi connectivity index (χ0v) is 11.2. The van der Waals surface area contributed by atoms with E-state index in [4.69, 9.17) is 4.74 Å². The molecule has 0 radical (unpaired) electrons. The van der Waals surface area contributed by atoms with Gasteiger partial charge in [-0.05, 0) is 50.9 Å². The number of nitrogens with zero attached hydrogens (tertiary/aromatic N) is 1. The highest BCUT2D eigenvalue weighted by molar-refractivity contribution is 5.68. The zero-order chi connectivity index (χ0) is 12.3. The minimum Gasteiger partial charge on any atom is -0.443 e. The second-order valence-electron chi connectivity index (χ2n) is 5.84. The van der Waals surface area contributed by atoms with Crippen LogP contribution in [0.2, 0.25) is 0 Å². The van der Waals surface area contributed by atoms with Crippen LogP contribution in [0.3, 0.4) is 0 Å². The van der Waals surface area contributed by atoms with Gasteiger partial charge in [-0.25, -0.2) is 4.79 Å². The summed E-state index contributed by atoms with van der Waals surface area (Å²) in [5.41, 5.74) is -0.172. The van der Waals surface area contributed by atoms with Gasteiger partial charge in [0.05, 0.1) is 0 Å². The molecule has 1 aliphatic carbocycles. The third-order valence-electron chi connectivity index (χ3n) is 4.41. The van der Waals surface area contributed by atoms with E-state index in [9.17, 15) is 4.79 Å². The van der Waals surface area contributed by atoms with Gasteiger partial charge in [0.15, 0.2) is 0 Å². The van der Waals surface area contributed by atoms with Crippen molar-refractivity contribution in [3.8, 4) is 0 Å². The largest absolute Gasteiger partial charge is 0.443 e. The van der Waals surface area contributed by atoms with Gasteiger partial charge in [0.1, 0.15) is 5.60 Å². The van der Waals surface area contributed by atoms with Crippen molar-refractivity contribution in [3.63, 3.8) is 0 Å². The molecule has 0 atom stereocenters. The summed E-state index contributed by atoms with van der Waals surface area (Å²) in [7, 11) is 0. The Morgan fingerprint density at radius 2 is 1.65 bits per heavy atom.